The van der Waals surface area contributed by atoms with Gasteiger partial charge >= 0.3 is 5.97 Å². The molecule has 15 heavy (non-hydrogen) atoms. The van der Waals surface area contributed by atoms with E-state index in [1.165, 1.54) is 18.3 Å². The Morgan fingerprint density at radius 2 is 2.27 bits per heavy atom. The Kier molecular flexibility index (Phi) is 2.38. The van der Waals surface area contributed by atoms with Gasteiger partial charge in [0, 0.05) is 6.20 Å². The summed E-state index contributed by atoms with van der Waals surface area (Å²) >= 11 is 0.784. The third kappa shape index (κ3) is 1.82. The van der Waals surface area contributed by atoms with Crippen molar-refractivity contribution in [2.45, 2.75) is 0 Å². The molecular formula is C8H4FN3O2S. The van der Waals surface area contributed by atoms with E-state index >= 15 is 0 Å². The van der Waals surface area contributed by atoms with Gasteiger partial charge < -0.3 is 5.11 Å². The average Bonchev–Trinajstić information content (AvgIpc) is 2.67. The van der Waals surface area contributed by atoms with Crippen LogP contribution in [0.2, 0.25) is 0 Å². The van der Waals surface area contributed by atoms with Crippen LogP contribution in [0.5, 0.6) is 0 Å². The molecule has 5 nitrogen and oxygen atoms in total. The van der Waals surface area contributed by atoms with E-state index in [2.05, 4.69) is 15.2 Å². The molecular weight excluding hydrogens is 221 g/mol. The molecule has 0 spiro atoms. The lowest BCUT2D eigenvalue weighted by molar-refractivity contribution is 0.0695. The standard InChI is InChI=1S/C8H4FN3O2S/c9-4-2-1-3-10-5(4)6-11-12-7(15-6)8(13)14/h1-3H,(H,13,14). The SMILES string of the molecule is O=C(O)c1nnc(-c2ncccc2F)s1. The van der Waals surface area contributed by atoms with Gasteiger partial charge in [0.15, 0.2) is 10.8 Å². The Morgan fingerprint density at radius 3 is 2.87 bits per heavy atom. The van der Waals surface area contributed by atoms with Crippen LogP contribution in [0.1, 0.15) is 9.80 Å². The number of carboxylic acid groups (broad SMARTS) is 1. The Balaban J connectivity index is 2.46. The molecule has 1 N–H and O–H groups in total. The topological polar surface area (TPSA) is 76.0 Å². The lowest BCUT2D eigenvalue weighted by Gasteiger charge is -1.94. The van der Waals surface area contributed by atoms with E-state index in [4.69, 9.17) is 5.11 Å². The highest BCUT2D eigenvalue weighted by Gasteiger charge is 2.15. The molecule has 0 amide bonds. The summed E-state index contributed by atoms with van der Waals surface area (Å²) in [4.78, 5) is 14.3. The van der Waals surface area contributed by atoms with Crippen molar-refractivity contribution in [1.82, 2.24) is 15.2 Å². The molecule has 76 valence electrons. The number of aromatic nitrogens is 3. The van der Waals surface area contributed by atoms with E-state index in [1.807, 2.05) is 0 Å². The summed E-state index contributed by atoms with van der Waals surface area (Å²) in [5, 5.41) is 15.5. The zero-order valence-corrected chi connectivity index (χ0v) is 8.03. The molecule has 2 aromatic rings. The largest absolute Gasteiger partial charge is 0.476 e. The molecule has 0 bridgehead atoms. The van der Waals surface area contributed by atoms with E-state index < -0.39 is 11.8 Å². The van der Waals surface area contributed by atoms with Crippen molar-refractivity contribution >= 4 is 17.3 Å². The molecule has 0 aromatic carbocycles. The number of nitrogens with zero attached hydrogens (tertiary/aromatic N) is 3. The van der Waals surface area contributed by atoms with Gasteiger partial charge in [0.2, 0.25) is 5.01 Å². The summed E-state index contributed by atoms with van der Waals surface area (Å²) < 4.78 is 13.2. The van der Waals surface area contributed by atoms with Crippen LogP contribution < -0.4 is 0 Å². The first kappa shape index (κ1) is 9.66. The van der Waals surface area contributed by atoms with Gasteiger partial charge in [0.1, 0.15) is 5.69 Å². The highest BCUT2D eigenvalue weighted by atomic mass is 32.1. The zero-order valence-electron chi connectivity index (χ0n) is 7.22. The summed E-state index contributed by atoms with van der Waals surface area (Å²) in [6.07, 6.45) is 1.40. The summed E-state index contributed by atoms with van der Waals surface area (Å²) in [6.45, 7) is 0. The van der Waals surface area contributed by atoms with Crippen LogP contribution in [-0.4, -0.2) is 26.3 Å². The zero-order chi connectivity index (χ0) is 10.8. The predicted molar refractivity (Wildman–Crippen MR) is 50.1 cm³/mol. The Bertz CT molecular complexity index is 514. The van der Waals surface area contributed by atoms with Crippen LogP contribution in [0.4, 0.5) is 4.39 Å². The summed E-state index contributed by atoms with van der Waals surface area (Å²) in [5.74, 6) is -1.74. The molecule has 0 saturated carbocycles. The van der Waals surface area contributed by atoms with Gasteiger partial charge in [-0.05, 0) is 12.1 Å². The fourth-order valence-electron chi connectivity index (χ4n) is 0.948. The van der Waals surface area contributed by atoms with Gasteiger partial charge in [-0.1, -0.05) is 11.3 Å². The minimum absolute atomic E-state index is 0.0162. The molecule has 0 aliphatic heterocycles. The molecule has 2 aromatic heterocycles. The summed E-state index contributed by atoms with van der Waals surface area (Å²) in [7, 11) is 0. The predicted octanol–water partition coefficient (Wildman–Crippen LogP) is 1.44. The van der Waals surface area contributed by atoms with Crippen molar-refractivity contribution in [2.24, 2.45) is 0 Å². The fraction of sp³-hybridized carbons (Fsp3) is 0. The second-order valence-electron chi connectivity index (χ2n) is 2.55. The normalized spacial score (nSPS) is 10.2. The first-order valence-corrected chi connectivity index (χ1v) is 4.68. The molecule has 0 radical (unpaired) electrons. The lowest BCUT2D eigenvalue weighted by Crippen LogP contribution is -1.93. The second kappa shape index (κ2) is 3.70. The molecule has 0 fully saturated rings. The number of carbonyl (C=O) groups is 1. The van der Waals surface area contributed by atoms with Gasteiger partial charge in [0.05, 0.1) is 0 Å². The van der Waals surface area contributed by atoms with Crippen LogP contribution in [0.15, 0.2) is 18.3 Å². The van der Waals surface area contributed by atoms with Crippen molar-refractivity contribution in [1.29, 1.82) is 0 Å². The highest BCUT2D eigenvalue weighted by molar-refractivity contribution is 7.16. The highest BCUT2D eigenvalue weighted by Crippen LogP contribution is 2.23. The maximum atomic E-state index is 13.2. The maximum Gasteiger partial charge on any atom is 0.367 e. The average molecular weight is 225 g/mol. The van der Waals surface area contributed by atoms with Crippen LogP contribution in [0.3, 0.4) is 0 Å². The first-order valence-electron chi connectivity index (χ1n) is 3.86. The van der Waals surface area contributed by atoms with Crippen molar-refractivity contribution in [3.63, 3.8) is 0 Å². The quantitative estimate of drug-likeness (QED) is 0.836. The lowest BCUT2D eigenvalue weighted by atomic mass is 10.3. The number of hydrogen-bond donors (Lipinski definition) is 1. The Morgan fingerprint density at radius 1 is 1.47 bits per heavy atom. The Labute approximate surface area is 87.2 Å². The van der Waals surface area contributed by atoms with Gasteiger partial charge in [-0.25, -0.2) is 9.18 Å². The molecule has 2 rings (SSSR count). The van der Waals surface area contributed by atoms with Crippen molar-refractivity contribution < 1.29 is 14.3 Å². The fourth-order valence-corrected chi connectivity index (χ4v) is 1.63. The number of hydrogen-bond acceptors (Lipinski definition) is 5. The van der Waals surface area contributed by atoms with Crippen molar-refractivity contribution in [3.05, 3.63) is 29.2 Å². The number of halogens is 1. The number of aromatic carboxylic acids is 1. The van der Waals surface area contributed by atoms with Gasteiger partial charge in [-0.2, -0.15) is 0 Å². The Hall–Kier alpha value is -1.89. The molecule has 0 aliphatic rings. The van der Waals surface area contributed by atoms with Crippen LogP contribution >= 0.6 is 11.3 Å². The van der Waals surface area contributed by atoms with Gasteiger partial charge in [0.25, 0.3) is 0 Å². The monoisotopic (exact) mass is 225 g/mol. The number of rotatable bonds is 2. The molecule has 0 atom stereocenters. The molecule has 0 unspecified atom stereocenters. The van der Waals surface area contributed by atoms with Crippen LogP contribution in [0, 0.1) is 5.82 Å². The maximum absolute atomic E-state index is 13.2. The summed E-state index contributed by atoms with van der Waals surface area (Å²) in [5.41, 5.74) is 0.0162. The summed E-state index contributed by atoms with van der Waals surface area (Å²) in [6, 6.07) is 2.67. The van der Waals surface area contributed by atoms with E-state index in [0.29, 0.717) is 0 Å². The number of pyridine rings is 1. The van der Waals surface area contributed by atoms with Gasteiger partial charge in [-0.3, -0.25) is 4.98 Å². The van der Waals surface area contributed by atoms with E-state index in [-0.39, 0.29) is 15.7 Å². The van der Waals surface area contributed by atoms with Crippen molar-refractivity contribution in [3.8, 4) is 10.7 Å². The molecule has 0 saturated heterocycles. The smallest absolute Gasteiger partial charge is 0.367 e. The number of carboxylic acids is 1. The van der Waals surface area contributed by atoms with Crippen molar-refractivity contribution in [2.75, 3.05) is 0 Å². The van der Waals surface area contributed by atoms with E-state index in [9.17, 15) is 9.18 Å². The minimum atomic E-state index is -1.19. The van der Waals surface area contributed by atoms with Crippen LogP contribution in [0.25, 0.3) is 10.7 Å². The molecule has 7 heteroatoms. The minimum Gasteiger partial charge on any atom is -0.476 e. The van der Waals surface area contributed by atoms with Crippen LogP contribution in [-0.2, 0) is 0 Å². The first-order chi connectivity index (χ1) is 7.18. The third-order valence-electron chi connectivity index (χ3n) is 1.57. The van der Waals surface area contributed by atoms with E-state index in [0.717, 1.165) is 11.3 Å². The molecule has 2 heterocycles. The molecule has 0 aliphatic carbocycles. The van der Waals surface area contributed by atoms with Gasteiger partial charge in [-0.15, -0.1) is 10.2 Å². The second-order valence-corrected chi connectivity index (χ2v) is 3.53. The third-order valence-corrected chi connectivity index (χ3v) is 2.49. The van der Waals surface area contributed by atoms with E-state index in [1.54, 1.807) is 0 Å².